The fraction of sp³-hybridized carbons (Fsp3) is 0.333. The Bertz CT molecular complexity index is 771. The zero-order valence-electron chi connectivity index (χ0n) is 13.1. The van der Waals surface area contributed by atoms with Gasteiger partial charge in [0.15, 0.2) is 22.7 Å². The topological polar surface area (TPSA) is 31.6 Å². The molecule has 0 spiro atoms. The molecule has 0 saturated heterocycles. The van der Waals surface area contributed by atoms with Gasteiger partial charge in [0.05, 0.1) is 13.2 Å². The predicted molar refractivity (Wildman–Crippen MR) is 85.2 cm³/mol. The zero-order valence-corrected chi connectivity index (χ0v) is 13.1. The maximum Gasteiger partial charge on any atom is 0.208 e. The van der Waals surface area contributed by atoms with Gasteiger partial charge >= 0.3 is 0 Å². The van der Waals surface area contributed by atoms with E-state index in [1.807, 2.05) is 13.8 Å². The highest BCUT2D eigenvalue weighted by Gasteiger charge is 2.19. The summed E-state index contributed by atoms with van der Waals surface area (Å²) < 4.78 is 45.1. The lowest BCUT2D eigenvalue weighted by molar-refractivity contribution is 0.300. The van der Waals surface area contributed by atoms with Gasteiger partial charge in [0.2, 0.25) is 11.6 Å². The molecule has 0 bridgehead atoms. The van der Waals surface area contributed by atoms with Crippen molar-refractivity contribution in [2.24, 2.45) is 0 Å². The second-order valence-electron chi connectivity index (χ2n) is 5.31. The van der Waals surface area contributed by atoms with Crippen LogP contribution >= 0.6 is 0 Å². The van der Waals surface area contributed by atoms with E-state index >= 15 is 0 Å². The SMILES string of the molecule is CCCOc1ccc2c(oc3c(F)c(OCCC)ccc32)c1F. The van der Waals surface area contributed by atoms with Gasteiger partial charge in [-0.2, -0.15) is 8.78 Å². The molecule has 0 fully saturated rings. The summed E-state index contributed by atoms with van der Waals surface area (Å²) in [5.74, 6) is -0.993. The van der Waals surface area contributed by atoms with Gasteiger partial charge < -0.3 is 13.9 Å². The Kier molecular flexibility index (Phi) is 4.37. The molecular weight excluding hydrogens is 302 g/mol. The molecule has 3 aromatic rings. The van der Waals surface area contributed by atoms with Gasteiger partial charge in [-0.15, -0.1) is 0 Å². The summed E-state index contributed by atoms with van der Waals surface area (Å²) in [6, 6.07) is 6.45. The minimum absolute atomic E-state index is 0.000134. The maximum atomic E-state index is 14.5. The van der Waals surface area contributed by atoms with Gasteiger partial charge in [-0.05, 0) is 37.1 Å². The third-order valence-electron chi connectivity index (χ3n) is 3.54. The molecule has 2 aromatic carbocycles. The number of hydrogen-bond acceptors (Lipinski definition) is 3. The number of ether oxygens (including phenoxy) is 2. The highest BCUT2D eigenvalue weighted by molar-refractivity contribution is 6.06. The first-order valence-corrected chi connectivity index (χ1v) is 7.76. The number of fused-ring (bicyclic) bond motifs is 3. The van der Waals surface area contributed by atoms with E-state index in [0.29, 0.717) is 24.0 Å². The van der Waals surface area contributed by atoms with E-state index < -0.39 is 11.6 Å². The van der Waals surface area contributed by atoms with Crippen molar-refractivity contribution in [3.8, 4) is 11.5 Å². The lowest BCUT2D eigenvalue weighted by Crippen LogP contribution is -1.97. The normalized spacial score (nSPS) is 11.3. The second-order valence-corrected chi connectivity index (χ2v) is 5.31. The molecule has 0 aliphatic heterocycles. The van der Waals surface area contributed by atoms with Crippen LogP contribution in [0.4, 0.5) is 8.78 Å². The first kappa shape index (κ1) is 15.6. The van der Waals surface area contributed by atoms with Crippen LogP contribution in [-0.2, 0) is 0 Å². The summed E-state index contributed by atoms with van der Waals surface area (Å²) in [6.07, 6.45) is 1.54. The van der Waals surface area contributed by atoms with Crippen molar-refractivity contribution in [2.75, 3.05) is 13.2 Å². The highest BCUT2D eigenvalue weighted by atomic mass is 19.1. The molecule has 3 rings (SSSR count). The van der Waals surface area contributed by atoms with Crippen molar-refractivity contribution in [3.05, 3.63) is 35.9 Å². The Labute approximate surface area is 132 Å². The molecule has 0 radical (unpaired) electrons. The Morgan fingerprint density at radius 1 is 0.783 bits per heavy atom. The van der Waals surface area contributed by atoms with Gasteiger partial charge in [-0.3, -0.25) is 0 Å². The molecular formula is C18H18F2O3. The van der Waals surface area contributed by atoms with Crippen molar-refractivity contribution >= 4 is 21.9 Å². The van der Waals surface area contributed by atoms with Crippen LogP contribution in [0, 0.1) is 11.6 Å². The molecule has 0 saturated carbocycles. The van der Waals surface area contributed by atoms with Crippen molar-refractivity contribution in [2.45, 2.75) is 26.7 Å². The van der Waals surface area contributed by atoms with Crippen LogP contribution in [-0.4, -0.2) is 13.2 Å². The summed E-state index contributed by atoms with van der Waals surface area (Å²) in [5, 5.41) is 1.03. The van der Waals surface area contributed by atoms with Crippen LogP contribution in [0.2, 0.25) is 0 Å². The molecule has 0 unspecified atom stereocenters. The second kappa shape index (κ2) is 6.44. The van der Waals surface area contributed by atoms with E-state index in [-0.39, 0.29) is 22.7 Å². The van der Waals surface area contributed by atoms with Crippen LogP contribution in [0.25, 0.3) is 21.9 Å². The van der Waals surface area contributed by atoms with E-state index in [4.69, 9.17) is 13.9 Å². The number of halogens is 2. The van der Waals surface area contributed by atoms with E-state index in [1.54, 1.807) is 24.3 Å². The molecule has 122 valence electrons. The minimum atomic E-state index is -0.609. The van der Waals surface area contributed by atoms with Gasteiger partial charge in [0, 0.05) is 10.8 Å². The fourth-order valence-corrected chi connectivity index (χ4v) is 2.45. The van der Waals surface area contributed by atoms with Crippen LogP contribution in [0.5, 0.6) is 11.5 Å². The van der Waals surface area contributed by atoms with E-state index in [1.165, 1.54) is 0 Å². The van der Waals surface area contributed by atoms with E-state index in [9.17, 15) is 8.78 Å². The van der Waals surface area contributed by atoms with E-state index in [0.717, 1.165) is 12.8 Å². The average Bonchev–Trinajstić information content (AvgIpc) is 2.94. The first-order chi connectivity index (χ1) is 11.2. The lowest BCUT2D eigenvalue weighted by atomic mass is 10.1. The summed E-state index contributed by atoms with van der Waals surface area (Å²) >= 11 is 0. The lowest BCUT2D eigenvalue weighted by Gasteiger charge is -2.05. The maximum absolute atomic E-state index is 14.5. The van der Waals surface area contributed by atoms with Gasteiger partial charge in [-0.1, -0.05) is 13.8 Å². The molecule has 23 heavy (non-hydrogen) atoms. The van der Waals surface area contributed by atoms with Gasteiger partial charge in [-0.25, -0.2) is 0 Å². The van der Waals surface area contributed by atoms with Gasteiger partial charge in [0.25, 0.3) is 0 Å². The number of furan rings is 1. The summed E-state index contributed by atoms with van der Waals surface area (Å²) in [6.45, 7) is 4.69. The zero-order chi connectivity index (χ0) is 16.4. The van der Waals surface area contributed by atoms with Crippen molar-refractivity contribution in [1.29, 1.82) is 0 Å². The molecule has 0 aliphatic rings. The molecule has 1 heterocycles. The molecule has 0 atom stereocenters. The Balaban J connectivity index is 2.13. The average molecular weight is 320 g/mol. The summed E-state index contributed by atoms with van der Waals surface area (Å²) in [7, 11) is 0. The predicted octanol–water partition coefficient (Wildman–Crippen LogP) is 5.44. The molecule has 1 aromatic heterocycles. The molecule has 3 nitrogen and oxygen atoms in total. The Hall–Kier alpha value is -2.30. The molecule has 5 heteroatoms. The van der Waals surface area contributed by atoms with Crippen LogP contribution < -0.4 is 9.47 Å². The molecule has 0 N–H and O–H groups in total. The van der Waals surface area contributed by atoms with Crippen LogP contribution in [0.3, 0.4) is 0 Å². The quantitative estimate of drug-likeness (QED) is 0.606. The highest BCUT2D eigenvalue weighted by Crippen LogP contribution is 2.37. The van der Waals surface area contributed by atoms with Crippen LogP contribution in [0.15, 0.2) is 28.7 Å². The largest absolute Gasteiger partial charge is 0.490 e. The van der Waals surface area contributed by atoms with Crippen molar-refractivity contribution in [1.82, 2.24) is 0 Å². The fourth-order valence-electron chi connectivity index (χ4n) is 2.45. The molecule has 0 amide bonds. The standard InChI is InChI=1S/C18H18F2O3/c1-3-9-21-13-7-5-11-12-6-8-14(22-10-4-2)16(20)18(12)23-17(11)15(13)19/h5-8H,3-4,9-10H2,1-2H3. The first-order valence-electron chi connectivity index (χ1n) is 7.76. The smallest absolute Gasteiger partial charge is 0.208 e. The number of benzene rings is 2. The van der Waals surface area contributed by atoms with E-state index in [2.05, 4.69) is 0 Å². The number of hydrogen-bond donors (Lipinski definition) is 0. The Morgan fingerprint density at radius 3 is 1.61 bits per heavy atom. The van der Waals surface area contributed by atoms with Gasteiger partial charge in [0.1, 0.15) is 0 Å². The third-order valence-corrected chi connectivity index (χ3v) is 3.54. The molecule has 0 aliphatic carbocycles. The van der Waals surface area contributed by atoms with Crippen LogP contribution in [0.1, 0.15) is 26.7 Å². The van der Waals surface area contributed by atoms with Crippen molar-refractivity contribution < 1.29 is 22.7 Å². The van der Waals surface area contributed by atoms with Crippen molar-refractivity contribution in [3.63, 3.8) is 0 Å². The summed E-state index contributed by atoms with van der Waals surface area (Å²) in [4.78, 5) is 0. The minimum Gasteiger partial charge on any atom is -0.490 e. The number of rotatable bonds is 6. The third kappa shape index (κ3) is 2.71. The Morgan fingerprint density at radius 2 is 1.22 bits per heavy atom. The monoisotopic (exact) mass is 320 g/mol. The summed E-state index contributed by atoms with van der Waals surface area (Å²) in [5.41, 5.74) is 0.000268.